The number of rotatable bonds is 6. The zero-order chi connectivity index (χ0) is 21.0. The highest BCUT2D eigenvalue weighted by atomic mass is 16.5. The largest absolute Gasteiger partial charge is 0.496 e. The van der Waals surface area contributed by atoms with Crippen molar-refractivity contribution in [2.75, 3.05) is 38.3 Å². The Balaban J connectivity index is 1.72. The lowest BCUT2D eigenvalue weighted by Crippen LogP contribution is -2.36. The molecule has 0 spiro atoms. The van der Waals surface area contributed by atoms with E-state index in [1.165, 1.54) is 0 Å². The summed E-state index contributed by atoms with van der Waals surface area (Å²) in [5, 5.41) is 3.14. The summed E-state index contributed by atoms with van der Waals surface area (Å²) in [6.45, 7) is 11.7. The van der Waals surface area contributed by atoms with E-state index in [0.717, 1.165) is 54.4 Å². The Morgan fingerprint density at radius 3 is 2.31 bits per heavy atom. The average Bonchev–Trinajstić information content (AvgIpc) is 2.73. The molecule has 1 aliphatic rings. The third-order valence-corrected chi connectivity index (χ3v) is 5.56. The van der Waals surface area contributed by atoms with Gasteiger partial charge < -0.3 is 19.7 Å². The number of morpholine rings is 1. The lowest BCUT2D eigenvalue weighted by molar-refractivity contribution is 0.0939. The van der Waals surface area contributed by atoms with Gasteiger partial charge in [-0.25, -0.2) is 0 Å². The topological polar surface area (TPSA) is 50.8 Å². The van der Waals surface area contributed by atoms with Crippen LogP contribution in [0.15, 0.2) is 36.4 Å². The van der Waals surface area contributed by atoms with E-state index >= 15 is 0 Å². The molecule has 1 amide bonds. The monoisotopic (exact) mass is 396 g/mol. The molecule has 1 fully saturated rings. The molecule has 0 aliphatic carbocycles. The maximum Gasteiger partial charge on any atom is 0.251 e. The maximum absolute atomic E-state index is 12.8. The van der Waals surface area contributed by atoms with Gasteiger partial charge in [0.25, 0.3) is 5.91 Å². The molecule has 1 saturated heterocycles. The van der Waals surface area contributed by atoms with Crippen LogP contribution in [0.5, 0.6) is 5.75 Å². The molecular formula is C24H32N2O3. The predicted molar refractivity (Wildman–Crippen MR) is 117 cm³/mol. The molecule has 0 bridgehead atoms. The molecule has 0 radical (unpaired) electrons. The van der Waals surface area contributed by atoms with Crippen LogP contribution < -0.4 is 15.0 Å². The van der Waals surface area contributed by atoms with Crippen molar-refractivity contribution >= 4 is 11.6 Å². The van der Waals surface area contributed by atoms with Crippen molar-refractivity contribution in [3.05, 3.63) is 58.7 Å². The van der Waals surface area contributed by atoms with Crippen LogP contribution in [-0.2, 0) is 4.74 Å². The van der Waals surface area contributed by atoms with Crippen molar-refractivity contribution in [3.63, 3.8) is 0 Å². The second kappa shape index (κ2) is 9.31. The van der Waals surface area contributed by atoms with Gasteiger partial charge in [-0.3, -0.25) is 4.79 Å². The fraction of sp³-hybridized carbons (Fsp3) is 0.458. The van der Waals surface area contributed by atoms with Crippen molar-refractivity contribution in [1.29, 1.82) is 0 Å². The number of carbonyl (C=O) groups is 1. The third kappa shape index (κ3) is 4.91. The highest BCUT2D eigenvalue weighted by Gasteiger charge is 2.18. The van der Waals surface area contributed by atoms with E-state index in [1.54, 1.807) is 7.11 Å². The zero-order valence-corrected chi connectivity index (χ0v) is 18.1. The molecule has 0 unspecified atom stereocenters. The van der Waals surface area contributed by atoms with E-state index in [0.29, 0.717) is 11.5 Å². The number of aryl methyl sites for hydroxylation is 1. The first-order chi connectivity index (χ1) is 13.9. The second-order valence-electron chi connectivity index (χ2n) is 7.95. The Hall–Kier alpha value is -2.53. The molecule has 0 saturated carbocycles. The first-order valence-electron chi connectivity index (χ1n) is 10.3. The zero-order valence-electron chi connectivity index (χ0n) is 18.1. The molecule has 0 aromatic heterocycles. The molecule has 2 aromatic rings. The van der Waals surface area contributed by atoms with Gasteiger partial charge in [-0.1, -0.05) is 13.8 Å². The van der Waals surface area contributed by atoms with Crippen LogP contribution in [0, 0.1) is 6.92 Å². The van der Waals surface area contributed by atoms with Crippen LogP contribution in [0.4, 0.5) is 5.69 Å². The minimum absolute atomic E-state index is 0.0626. The van der Waals surface area contributed by atoms with Crippen molar-refractivity contribution in [2.24, 2.45) is 0 Å². The Kier molecular flexibility index (Phi) is 6.80. The summed E-state index contributed by atoms with van der Waals surface area (Å²) in [6, 6.07) is 11.9. The van der Waals surface area contributed by atoms with E-state index < -0.39 is 0 Å². The quantitative estimate of drug-likeness (QED) is 0.784. The van der Waals surface area contributed by atoms with Crippen LogP contribution >= 0.6 is 0 Å². The van der Waals surface area contributed by atoms with Crippen molar-refractivity contribution in [1.82, 2.24) is 5.32 Å². The number of anilines is 1. The number of nitrogens with zero attached hydrogens (tertiary/aromatic N) is 1. The van der Waals surface area contributed by atoms with Gasteiger partial charge in [0.1, 0.15) is 5.75 Å². The molecule has 29 heavy (non-hydrogen) atoms. The number of nitrogens with one attached hydrogen (secondary N) is 1. The fourth-order valence-electron chi connectivity index (χ4n) is 3.81. The average molecular weight is 397 g/mol. The van der Waals surface area contributed by atoms with E-state index in [4.69, 9.17) is 9.47 Å². The predicted octanol–water partition coefficient (Wildman–Crippen LogP) is 4.45. The summed E-state index contributed by atoms with van der Waals surface area (Å²) >= 11 is 0. The lowest BCUT2D eigenvalue weighted by atomic mass is 9.93. The maximum atomic E-state index is 12.8. The molecule has 1 atom stereocenters. The third-order valence-electron chi connectivity index (χ3n) is 5.56. The highest BCUT2D eigenvalue weighted by Crippen LogP contribution is 2.32. The Morgan fingerprint density at radius 2 is 1.72 bits per heavy atom. The highest BCUT2D eigenvalue weighted by molar-refractivity contribution is 5.94. The molecule has 2 aromatic carbocycles. The minimum Gasteiger partial charge on any atom is -0.496 e. The van der Waals surface area contributed by atoms with Crippen LogP contribution in [0.25, 0.3) is 0 Å². The number of hydrogen-bond donors (Lipinski definition) is 1. The normalized spacial score (nSPS) is 15.3. The summed E-state index contributed by atoms with van der Waals surface area (Å²) in [5.41, 5.74) is 5.19. The van der Waals surface area contributed by atoms with E-state index in [9.17, 15) is 4.79 Å². The first kappa shape index (κ1) is 21.2. The minimum atomic E-state index is -0.0928. The van der Waals surface area contributed by atoms with Gasteiger partial charge in [0.2, 0.25) is 0 Å². The lowest BCUT2D eigenvalue weighted by Gasteiger charge is -2.28. The Labute approximate surface area is 174 Å². The van der Waals surface area contributed by atoms with Gasteiger partial charge in [0, 0.05) is 24.3 Å². The SMILES string of the molecule is COc1cc(C)c([C@@H](C)NC(=O)c2ccc(N3CCOCC3)cc2)cc1C(C)C. The van der Waals surface area contributed by atoms with E-state index in [-0.39, 0.29) is 11.9 Å². The molecular weight excluding hydrogens is 364 g/mol. The van der Waals surface area contributed by atoms with Crippen LogP contribution in [0.3, 0.4) is 0 Å². The standard InChI is InChI=1S/C24H32N2O3/c1-16(2)21-15-22(17(3)14-23(21)28-5)18(4)25-24(27)19-6-8-20(9-7-19)26-10-12-29-13-11-26/h6-9,14-16,18H,10-13H2,1-5H3,(H,25,27)/t18-/m1/s1. The van der Waals surface area contributed by atoms with E-state index in [1.807, 2.05) is 31.2 Å². The van der Waals surface area contributed by atoms with Crippen LogP contribution in [0.2, 0.25) is 0 Å². The molecule has 5 nitrogen and oxygen atoms in total. The number of ether oxygens (including phenoxy) is 2. The number of carbonyl (C=O) groups excluding carboxylic acids is 1. The summed E-state index contributed by atoms with van der Waals surface area (Å²) < 4.78 is 10.9. The number of benzene rings is 2. The van der Waals surface area contributed by atoms with Crippen LogP contribution in [0.1, 0.15) is 59.8 Å². The van der Waals surface area contributed by atoms with Crippen LogP contribution in [-0.4, -0.2) is 39.3 Å². The first-order valence-corrected chi connectivity index (χ1v) is 10.3. The van der Waals surface area contributed by atoms with Crippen molar-refractivity contribution in [2.45, 2.75) is 39.7 Å². The summed E-state index contributed by atoms with van der Waals surface area (Å²) in [5.74, 6) is 1.19. The van der Waals surface area contributed by atoms with Gasteiger partial charge in [-0.05, 0) is 72.9 Å². The van der Waals surface area contributed by atoms with Crippen molar-refractivity contribution in [3.8, 4) is 5.75 Å². The summed E-state index contributed by atoms with van der Waals surface area (Å²) in [7, 11) is 1.70. The van der Waals surface area contributed by atoms with E-state index in [2.05, 4.69) is 43.1 Å². The molecule has 1 N–H and O–H groups in total. The Morgan fingerprint density at radius 1 is 1.07 bits per heavy atom. The molecule has 5 heteroatoms. The number of methoxy groups -OCH3 is 1. The summed E-state index contributed by atoms with van der Waals surface area (Å²) in [6.07, 6.45) is 0. The number of amides is 1. The smallest absolute Gasteiger partial charge is 0.251 e. The molecule has 1 aliphatic heterocycles. The van der Waals surface area contributed by atoms with Gasteiger partial charge in [0.15, 0.2) is 0 Å². The fourth-order valence-corrected chi connectivity index (χ4v) is 3.81. The van der Waals surface area contributed by atoms with Gasteiger partial charge in [-0.15, -0.1) is 0 Å². The molecule has 3 rings (SSSR count). The summed E-state index contributed by atoms with van der Waals surface area (Å²) in [4.78, 5) is 15.1. The number of hydrogen-bond acceptors (Lipinski definition) is 4. The molecule has 1 heterocycles. The Bertz CT molecular complexity index is 840. The van der Waals surface area contributed by atoms with Gasteiger partial charge >= 0.3 is 0 Å². The van der Waals surface area contributed by atoms with Crippen molar-refractivity contribution < 1.29 is 14.3 Å². The van der Waals surface area contributed by atoms with Gasteiger partial charge in [0.05, 0.1) is 26.4 Å². The van der Waals surface area contributed by atoms with Gasteiger partial charge in [-0.2, -0.15) is 0 Å². The second-order valence-corrected chi connectivity index (χ2v) is 7.95. The molecule has 156 valence electrons.